The van der Waals surface area contributed by atoms with Gasteiger partial charge in [0.1, 0.15) is 0 Å². The molecule has 0 saturated heterocycles. The molecule has 210 valence electrons. The molecule has 0 aliphatic carbocycles. The number of carboxylic acids is 1. The lowest BCUT2D eigenvalue weighted by Gasteiger charge is -2.50. The van der Waals surface area contributed by atoms with Gasteiger partial charge in [-0.1, -0.05) is 11.8 Å². The fourth-order valence-corrected chi connectivity index (χ4v) is 4.99. The van der Waals surface area contributed by atoms with E-state index in [2.05, 4.69) is 0 Å². The van der Waals surface area contributed by atoms with Crippen molar-refractivity contribution >= 4 is 52.0 Å². The molecule has 0 radical (unpaired) electrons. The van der Waals surface area contributed by atoms with Crippen molar-refractivity contribution in [2.75, 3.05) is 0 Å². The number of carbonyl (C=O) groups is 7. The van der Waals surface area contributed by atoms with E-state index < -0.39 is 86.8 Å². The Hall–Kier alpha value is -2.60. The van der Waals surface area contributed by atoms with Crippen LogP contribution in [-0.4, -0.2) is 96.8 Å². The quantitative estimate of drug-likeness (QED) is 0.108. The van der Waals surface area contributed by atoms with Crippen LogP contribution in [0.15, 0.2) is 0 Å². The summed E-state index contributed by atoms with van der Waals surface area (Å²) >= 11 is -0.267. The summed E-state index contributed by atoms with van der Waals surface area (Å²) in [6, 6.07) is -10.0. The van der Waals surface area contributed by atoms with Gasteiger partial charge in [-0.2, -0.15) is 0 Å². The molecule has 0 heterocycles. The van der Waals surface area contributed by atoms with Gasteiger partial charge in [0, 0.05) is 0 Å². The Morgan fingerprint density at radius 1 is 0.595 bits per heavy atom. The number of aliphatic carboxylic acids is 1. The number of ketones is 3. The lowest BCUT2D eigenvalue weighted by molar-refractivity contribution is -0.177. The Morgan fingerprint density at radius 2 is 0.919 bits per heavy atom. The molecule has 0 aliphatic rings. The van der Waals surface area contributed by atoms with Crippen molar-refractivity contribution in [3.05, 3.63) is 0 Å². The average molecular weight is 548 g/mol. The lowest BCUT2D eigenvalue weighted by Crippen LogP contribution is -2.83. The van der Waals surface area contributed by atoms with Crippen LogP contribution in [0.5, 0.6) is 0 Å². The fourth-order valence-electron chi connectivity index (χ4n) is 3.51. The molecule has 37 heavy (non-hydrogen) atoms. The van der Waals surface area contributed by atoms with Gasteiger partial charge in [0.25, 0.3) is 0 Å². The zero-order valence-electron chi connectivity index (χ0n) is 21.6. The molecule has 0 unspecified atom stereocenters. The highest BCUT2D eigenvalue weighted by Gasteiger charge is 2.76. The third kappa shape index (κ3) is 6.11. The van der Waals surface area contributed by atoms with Crippen molar-refractivity contribution in [3.63, 3.8) is 0 Å². The van der Waals surface area contributed by atoms with Gasteiger partial charge in [-0.15, -0.1) is 0 Å². The lowest BCUT2D eigenvalue weighted by atomic mass is 9.68. The van der Waals surface area contributed by atoms with Crippen molar-refractivity contribution in [1.82, 2.24) is 4.90 Å². The van der Waals surface area contributed by atoms with E-state index in [9.17, 15) is 38.7 Å². The number of nitrogens with zero attached hydrogens (tertiary/aromatic N) is 1. The molecule has 0 spiro atoms. The maximum atomic E-state index is 13.9. The van der Waals surface area contributed by atoms with Crippen molar-refractivity contribution in [2.45, 2.75) is 88.1 Å². The molecule has 0 fully saturated rings. The van der Waals surface area contributed by atoms with Gasteiger partial charge in [-0.3, -0.25) is 33.7 Å². The van der Waals surface area contributed by atoms with Crippen LogP contribution in [0.2, 0.25) is 0 Å². The highest BCUT2D eigenvalue weighted by molar-refractivity contribution is 8.16. The van der Waals surface area contributed by atoms with Crippen molar-refractivity contribution in [2.24, 2.45) is 34.4 Å². The summed E-state index contributed by atoms with van der Waals surface area (Å²) in [4.78, 5) is 94.4. The molecule has 0 bridgehead atoms. The van der Waals surface area contributed by atoms with Crippen LogP contribution in [0.4, 0.5) is 0 Å². The smallest absolute Gasteiger partial charge is 0.340 e. The van der Waals surface area contributed by atoms with Crippen LogP contribution < -0.4 is 34.4 Å². The maximum absolute atomic E-state index is 13.9. The predicted molar refractivity (Wildman–Crippen MR) is 134 cm³/mol. The first-order valence-corrected chi connectivity index (χ1v) is 12.0. The number of carboxylic acid groups (broad SMARTS) is 1. The summed E-state index contributed by atoms with van der Waals surface area (Å²) in [6.07, 6.45) is 0. The molecular weight excluding hydrogens is 510 g/mol. The monoisotopic (exact) mass is 547 g/mol. The molecular formula is C21H37N7O8S. The molecule has 0 aromatic heterocycles. The normalized spacial score (nSPS) is 18.3. The topological polar surface area (TPSA) is 299 Å². The standard InChI is InChI=1S/C21H37N7O8S/c1-7(22)13(29)20(19(35)36,28(16(32)10(4)25)17(33)11(5)26)21(14(30)8(2)23,15(31)9(3)24)37-18(34)12(6)27/h7-12H,22-27H2,1-6H3,(H,35,36)/t7-,8-,9-,10-,11-,12-,20+/m0/s1. The number of hydrogen-bond donors (Lipinski definition) is 7. The molecule has 16 heteroatoms. The number of hydrogen-bond acceptors (Lipinski definition) is 14. The Balaban J connectivity index is 8.73. The van der Waals surface area contributed by atoms with Gasteiger partial charge < -0.3 is 39.5 Å². The zero-order chi connectivity index (χ0) is 29.8. The van der Waals surface area contributed by atoms with E-state index in [0.717, 1.165) is 41.5 Å². The Kier molecular flexibility index (Phi) is 11.9. The molecule has 15 nitrogen and oxygen atoms in total. The zero-order valence-corrected chi connectivity index (χ0v) is 22.4. The van der Waals surface area contributed by atoms with Gasteiger partial charge in [0.05, 0.1) is 36.3 Å². The minimum Gasteiger partial charge on any atom is -0.479 e. The number of carbonyl (C=O) groups excluding carboxylic acids is 6. The third-order valence-electron chi connectivity index (χ3n) is 5.29. The minimum atomic E-state index is -3.80. The van der Waals surface area contributed by atoms with Crippen LogP contribution >= 0.6 is 11.8 Å². The summed E-state index contributed by atoms with van der Waals surface area (Å²) in [5, 5.41) is 9.52. The summed E-state index contributed by atoms with van der Waals surface area (Å²) < 4.78 is -3.44. The summed E-state index contributed by atoms with van der Waals surface area (Å²) in [5.41, 5.74) is 30.5. The number of thioether (sulfide) groups is 1. The van der Waals surface area contributed by atoms with E-state index in [-0.39, 0.29) is 16.7 Å². The average Bonchev–Trinajstić information content (AvgIpc) is 2.77. The molecule has 2 amide bonds. The molecule has 0 rings (SSSR count). The first-order valence-electron chi connectivity index (χ1n) is 11.2. The van der Waals surface area contributed by atoms with Gasteiger partial charge >= 0.3 is 5.97 Å². The van der Waals surface area contributed by atoms with Crippen LogP contribution in [-0.2, 0) is 33.6 Å². The third-order valence-corrected chi connectivity index (χ3v) is 6.87. The van der Waals surface area contributed by atoms with E-state index in [4.69, 9.17) is 34.4 Å². The molecule has 0 aliphatic heterocycles. The summed E-state index contributed by atoms with van der Waals surface area (Å²) in [6.45, 7) is 6.32. The van der Waals surface area contributed by atoms with E-state index in [1.54, 1.807) is 0 Å². The van der Waals surface area contributed by atoms with E-state index >= 15 is 0 Å². The second-order valence-corrected chi connectivity index (χ2v) is 10.2. The first-order chi connectivity index (χ1) is 16.7. The fraction of sp³-hybridized carbons (Fsp3) is 0.667. The van der Waals surface area contributed by atoms with Gasteiger partial charge in [0.15, 0.2) is 22.1 Å². The number of nitrogens with two attached hydrogens (primary N) is 6. The maximum Gasteiger partial charge on any atom is 0.340 e. The summed E-state index contributed by atoms with van der Waals surface area (Å²) in [5.74, 6) is -10.1. The van der Waals surface area contributed by atoms with Crippen molar-refractivity contribution < 1.29 is 38.7 Å². The van der Waals surface area contributed by atoms with Crippen LogP contribution in [0, 0.1) is 0 Å². The second kappa shape index (κ2) is 12.8. The molecule has 0 aromatic rings. The SMILES string of the molecule is C[C@H](N)C(=O)SC(C(=O)[C@H](C)N)(C(=O)[C@H](C)N)[C@](C(=O)O)(C(=O)[C@H](C)N)N(C(=O)[C@H](C)N)C(=O)[C@H](C)N. The number of Topliss-reactive ketones (excluding diaryl/α,β-unsaturated/α-hetero) is 3. The van der Waals surface area contributed by atoms with Gasteiger partial charge in [-0.25, -0.2) is 4.79 Å². The van der Waals surface area contributed by atoms with E-state index in [0.29, 0.717) is 0 Å². The second-order valence-electron chi connectivity index (χ2n) is 8.95. The minimum absolute atomic E-state index is 0.168. The Morgan fingerprint density at radius 3 is 1.14 bits per heavy atom. The van der Waals surface area contributed by atoms with Crippen molar-refractivity contribution in [3.8, 4) is 0 Å². The Labute approximate surface area is 218 Å². The molecule has 13 N–H and O–H groups in total. The highest BCUT2D eigenvalue weighted by Crippen LogP contribution is 2.46. The van der Waals surface area contributed by atoms with E-state index in [1.165, 1.54) is 0 Å². The summed E-state index contributed by atoms with van der Waals surface area (Å²) in [7, 11) is 0. The predicted octanol–water partition coefficient (Wildman–Crippen LogP) is -4.05. The Bertz CT molecular complexity index is 925. The van der Waals surface area contributed by atoms with Crippen LogP contribution in [0.3, 0.4) is 0 Å². The van der Waals surface area contributed by atoms with Crippen LogP contribution in [0.1, 0.15) is 41.5 Å². The largest absolute Gasteiger partial charge is 0.479 e. The van der Waals surface area contributed by atoms with Crippen molar-refractivity contribution in [1.29, 1.82) is 0 Å². The molecule has 0 saturated carbocycles. The van der Waals surface area contributed by atoms with Gasteiger partial charge in [0.2, 0.25) is 22.5 Å². The molecule has 0 aromatic carbocycles. The number of imide groups is 1. The number of rotatable bonds is 13. The highest BCUT2D eigenvalue weighted by atomic mass is 32.2. The molecule has 7 atom stereocenters. The van der Waals surface area contributed by atoms with E-state index in [1.807, 2.05) is 0 Å². The number of amides is 2. The van der Waals surface area contributed by atoms with Gasteiger partial charge in [-0.05, 0) is 41.5 Å². The van der Waals surface area contributed by atoms with Crippen LogP contribution in [0.25, 0.3) is 0 Å². The first kappa shape index (κ1) is 34.4.